The summed E-state index contributed by atoms with van der Waals surface area (Å²) in [4.78, 5) is 12.4. The van der Waals surface area contributed by atoms with E-state index in [4.69, 9.17) is 4.42 Å². The van der Waals surface area contributed by atoms with Gasteiger partial charge < -0.3 is 4.42 Å². The third-order valence-electron chi connectivity index (χ3n) is 3.35. The average molecular weight is 256 g/mol. The van der Waals surface area contributed by atoms with Crippen LogP contribution >= 0.6 is 0 Å². The number of benzene rings is 1. The molecule has 0 N–H and O–H groups in total. The molecule has 2 rings (SSSR count). The van der Waals surface area contributed by atoms with Gasteiger partial charge in [0.2, 0.25) is 0 Å². The molecule has 0 aliphatic rings. The number of aryl methyl sites for hydroxylation is 2. The summed E-state index contributed by atoms with van der Waals surface area (Å²) < 4.78 is 5.31. The van der Waals surface area contributed by atoms with Crippen LogP contribution in [0.3, 0.4) is 0 Å². The second-order valence-corrected chi connectivity index (χ2v) is 4.74. The Morgan fingerprint density at radius 1 is 1.11 bits per heavy atom. The van der Waals surface area contributed by atoms with E-state index in [1.165, 1.54) is 18.4 Å². The molecule has 1 aromatic heterocycles. The average Bonchev–Trinajstić information content (AvgIpc) is 2.93. The summed E-state index contributed by atoms with van der Waals surface area (Å²) in [6.45, 7) is 4.17. The van der Waals surface area contributed by atoms with E-state index in [0.717, 1.165) is 24.2 Å². The van der Waals surface area contributed by atoms with Crippen LogP contribution in [-0.4, -0.2) is 5.78 Å². The monoisotopic (exact) mass is 256 g/mol. The summed E-state index contributed by atoms with van der Waals surface area (Å²) in [6, 6.07) is 9.69. The van der Waals surface area contributed by atoms with E-state index < -0.39 is 0 Å². The van der Waals surface area contributed by atoms with E-state index in [1.54, 1.807) is 12.3 Å². The lowest BCUT2D eigenvalue weighted by atomic mass is 10.0. The lowest BCUT2D eigenvalue weighted by Gasteiger charge is -2.03. The standard InChI is InChI=1S/C17H20O2/c1-3-5-6-13-7-9-14(10-8-13)17(18)15-11-12-19-16(15)4-2/h7-12H,3-6H2,1-2H3. The van der Waals surface area contributed by atoms with E-state index in [0.29, 0.717) is 5.56 Å². The van der Waals surface area contributed by atoms with Crippen LogP contribution in [0.5, 0.6) is 0 Å². The topological polar surface area (TPSA) is 30.2 Å². The minimum absolute atomic E-state index is 0.0487. The van der Waals surface area contributed by atoms with Crippen LogP contribution in [0, 0.1) is 0 Å². The highest BCUT2D eigenvalue weighted by atomic mass is 16.3. The van der Waals surface area contributed by atoms with Crippen molar-refractivity contribution in [3.63, 3.8) is 0 Å². The molecule has 0 unspecified atom stereocenters. The molecule has 0 amide bonds. The van der Waals surface area contributed by atoms with E-state index in [2.05, 4.69) is 19.1 Å². The maximum absolute atomic E-state index is 12.4. The van der Waals surface area contributed by atoms with Crippen molar-refractivity contribution < 1.29 is 9.21 Å². The smallest absolute Gasteiger partial charge is 0.196 e. The van der Waals surface area contributed by atoms with Crippen molar-refractivity contribution >= 4 is 5.78 Å². The van der Waals surface area contributed by atoms with E-state index in [9.17, 15) is 4.79 Å². The zero-order chi connectivity index (χ0) is 13.7. The van der Waals surface area contributed by atoms with Gasteiger partial charge >= 0.3 is 0 Å². The summed E-state index contributed by atoms with van der Waals surface area (Å²) in [5, 5.41) is 0. The van der Waals surface area contributed by atoms with Crippen molar-refractivity contribution in [2.45, 2.75) is 39.5 Å². The molecule has 100 valence electrons. The highest BCUT2D eigenvalue weighted by Crippen LogP contribution is 2.17. The molecular formula is C17H20O2. The molecule has 2 nitrogen and oxygen atoms in total. The van der Waals surface area contributed by atoms with Crippen molar-refractivity contribution in [2.24, 2.45) is 0 Å². The van der Waals surface area contributed by atoms with Crippen LogP contribution in [0.15, 0.2) is 41.0 Å². The Bertz CT molecular complexity index is 535. The van der Waals surface area contributed by atoms with Crippen molar-refractivity contribution in [3.8, 4) is 0 Å². The third-order valence-corrected chi connectivity index (χ3v) is 3.35. The Labute approximate surface area is 114 Å². The van der Waals surface area contributed by atoms with Crippen molar-refractivity contribution in [1.29, 1.82) is 0 Å². The fraction of sp³-hybridized carbons (Fsp3) is 0.353. The Morgan fingerprint density at radius 3 is 2.47 bits per heavy atom. The summed E-state index contributed by atoms with van der Waals surface area (Å²) in [5.74, 6) is 0.813. The number of unbranched alkanes of at least 4 members (excludes halogenated alkanes) is 1. The molecule has 0 fully saturated rings. The Balaban J connectivity index is 2.16. The Morgan fingerprint density at radius 2 is 1.84 bits per heavy atom. The van der Waals surface area contributed by atoms with E-state index in [-0.39, 0.29) is 5.78 Å². The molecule has 0 aliphatic heterocycles. The second-order valence-electron chi connectivity index (χ2n) is 4.74. The normalized spacial score (nSPS) is 10.6. The summed E-state index contributed by atoms with van der Waals surface area (Å²) in [7, 11) is 0. The van der Waals surface area contributed by atoms with Gasteiger partial charge in [0.05, 0.1) is 11.8 Å². The van der Waals surface area contributed by atoms with Gasteiger partial charge in [-0.15, -0.1) is 0 Å². The summed E-state index contributed by atoms with van der Waals surface area (Å²) >= 11 is 0. The van der Waals surface area contributed by atoms with Gasteiger partial charge in [0, 0.05) is 12.0 Å². The first kappa shape index (κ1) is 13.6. The van der Waals surface area contributed by atoms with Crippen molar-refractivity contribution in [3.05, 3.63) is 59.0 Å². The molecule has 0 radical (unpaired) electrons. The summed E-state index contributed by atoms with van der Waals surface area (Å²) in [6.07, 6.45) is 5.78. The number of rotatable bonds is 6. The third kappa shape index (κ3) is 3.14. The minimum Gasteiger partial charge on any atom is -0.469 e. The fourth-order valence-corrected chi connectivity index (χ4v) is 2.18. The molecule has 2 heteroatoms. The number of hydrogen-bond acceptors (Lipinski definition) is 2. The Kier molecular flexibility index (Phi) is 4.56. The Hall–Kier alpha value is -1.83. The number of ketones is 1. The molecule has 0 bridgehead atoms. The quantitative estimate of drug-likeness (QED) is 0.716. The number of carbonyl (C=O) groups excluding carboxylic acids is 1. The van der Waals surface area contributed by atoms with Crippen LogP contribution in [0.1, 0.15) is 53.9 Å². The molecular weight excluding hydrogens is 236 g/mol. The molecule has 0 saturated heterocycles. The highest BCUT2D eigenvalue weighted by Gasteiger charge is 2.15. The zero-order valence-electron chi connectivity index (χ0n) is 11.6. The largest absolute Gasteiger partial charge is 0.469 e. The van der Waals surface area contributed by atoms with Gasteiger partial charge in [-0.25, -0.2) is 0 Å². The van der Waals surface area contributed by atoms with Crippen molar-refractivity contribution in [1.82, 2.24) is 0 Å². The van der Waals surface area contributed by atoms with Crippen LogP contribution < -0.4 is 0 Å². The molecule has 1 aromatic carbocycles. The van der Waals surface area contributed by atoms with E-state index in [1.807, 2.05) is 19.1 Å². The van der Waals surface area contributed by atoms with Crippen molar-refractivity contribution in [2.75, 3.05) is 0 Å². The molecule has 2 aromatic rings. The number of carbonyl (C=O) groups is 1. The van der Waals surface area contributed by atoms with Gasteiger partial charge in [-0.3, -0.25) is 4.79 Å². The number of furan rings is 1. The number of hydrogen-bond donors (Lipinski definition) is 0. The van der Waals surface area contributed by atoms with Gasteiger partial charge in [0.1, 0.15) is 5.76 Å². The molecule has 19 heavy (non-hydrogen) atoms. The molecule has 0 spiro atoms. The minimum atomic E-state index is 0.0487. The van der Waals surface area contributed by atoms with Gasteiger partial charge in [-0.1, -0.05) is 44.5 Å². The van der Waals surface area contributed by atoms with Gasteiger partial charge in [0.25, 0.3) is 0 Å². The van der Waals surface area contributed by atoms with Crippen LogP contribution in [-0.2, 0) is 12.8 Å². The molecule has 0 aliphatic carbocycles. The lowest BCUT2D eigenvalue weighted by Crippen LogP contribution is -2.02. The zero-order valence-corrected chi connectivity index (χ0v) is 11.6. The predicted octanol–water partition coefficient (Wildman–Crippen LogP) is 4.42. The molecule has 0 atom stereocenters. The van der Waals surface area contributed by atoms with Crippen LogP contribution in [0.2, 0.25) is 0 Å². The van der Waals surface area contributed by atoms with Gasteiger partial charge in [-0.2, -0.15) is 0 Å². The maximum atomic E-state index is 12.4. The first-order chi connectivity index (χ1) is 9.26. The fourth-order valence-electron chi connectivity index (χ4n) is 2.18. The van der Waals surface area contributed by atoms with Crippen LogP contribution in [0.4, 0.5) is 0 Å². The van der Waals surface area contributed by atoms with E-state index >= 15 is 0 Å². The first-order valence-electron chi connectivity index (χ1n) is 6.96. The second kappa shape index (κ2) is 6.37. The van der Waals surface area contributed by atoms with Gasteiger partial charge in [0.15, 0.2) is 5.78 Å². The maximum Gasteiger partial charge on any atom is 0.196 e. The molecule has 0 saturated carbocycles. The van der Waals surface area contributed by atoms with Gasteiger partial charge in [-0.05, 0) is 24.5 Å². The predicted molar refractivity (Wildman–Crippen MR) is 76.6 cm³/mol. The molecule has 1 heterocycles. The summed E-state index contributed by atoms with van der Waals surface area (Å²) in [5.41, 5.74) is 2.71. The SMILES string of the molecule is CCCCc1ccc(C(=O)c2ccoc2CC)cc1. The van der Waals surface area contributed by atoms with Crippen LogP contribution in [0.25, 0.3) is 0 Å². The first-order valence-corrected chi connectivity index (χ1v) is 6.96. The lowest BCUT2D eigenvalue weighted by molar-refractivity contribution is 0.103. The highest BCUT2D eigenvalue weighted by molar-refractivity contribution is 6.09.